The van der Waals surface area contributed by atoms with Gasteiger partial charge in [0.15, 0.2) is 0 Å². The van der Waals surface area contributed by atoms with Crippen LogP contribution in [0.25, 0.3) is 11.1 Å². The maximum atomic E-state index is 13.5. The summed E-state index contributed by atoms with van der Waals surface area (Å²) in [5.74, 6) is -2.50. The second kappa shape index (κ2) is 4.53. The van der Waals surface area contributed by atoms with Crippen LogP contribution < -0.4 is 0 Å². The maximum Gasteiger partial charge on any atom is 0.416 e. The van der Waals surface area contributed by atoms with Crippen molar-refractivity contribution in [2.45, 2.75) is 6.18 Å². The Morgan fingerprint density at radius 2 is 1.47 bits per heavy atom. The fourth-order valence-electron chi connectivity index (χ4n) is 1.64. The second-order valence-electron chi connectivity index (χ2n) is 3.85. The summed E-state index contributed by atoms with van der Waals surface area (Å²) in [6.45, 7) is 0. The van der Waals surface area contributed by atoms with Crippen molar-refractivity contribution in [1.29, 1.82) is 0 Å². The largest absolute Gasteiger partial charge is 0.507 e. The molecule has 100 valence electrons. The highest BCUT2D eigenvalue weighted by atomic mass is 19.4. The van der Waals surface area contributed by atoms with E-state index in [0.717, 1.165) is 24.3 Å². The maximum absolute atomic E-state index is 13.5. The summed E-state index contributed by atoms with van der Waals surface area (Å²) in [6.07, 6.45) is -4.60. The fraction of sp³-hybridized carbons (Fsp3) is 0.0769. The van der Waals surface area contributed by atoms with Gasteiger partial charge in [-0.3, -0.25) is 0 Å². The summed E-state index contributed by atoms with van der Waals surface area (Å²) >= 11 is 0. The Hall–Kier alpha value is -2.11. The molecule has 2 aromatic carbocycles. The zero-order valence-corrected chi connectivity index (χ0v) is 9.30. The Morgan fingerprint density at radius 1 is 0.842 bits per heavy atom. The van der Waals surface area contributed by atoms with Crippen LogP contribution in [0.3, 0.4) is 0 Å². The molecule has 0 aromatic heterocycles. The van der Waals surface area contributed by atoms with Crippen LogP contribution >= 0.6 is 0 Å². The predicted molar refractivity (Wildman–Crippen MR) is 58.5 cm³/mol. The zero-order chi connectivity index (χ0) is 14.2. The highest BCUT2D eigenvalue weighted by Crippen LogP contribution is 2.37. The van der Waals surface area contributed by atoms with Gasteiger partial charge in [0.25, 0.3) is 0 Å². The molecule has 0 saturated carbocycles. The lowest BCUT2D eigenvalue weighted by Gasteiger charge is -2.10. The summed E-state index contributed by atoms with van der Waals surface area (Å²) < 4.78 is 63.4. The lowest BCUT2D eigenvalue weighted by Crippen LogP contribution is -2.04. The smallest absolute Gasteiger partial charge is 0.416 e. The van der Waals surface area contributed by atoms with E-state index in [1.165, 1.54) is 0 Å². The number of benzene rings is 2. The topological polar surface area (TPSA) is 20.2 Å². The monoisotopic (exact) mass is 274 g/mol. The minimum Gasteiger partial charge on any atom is -0.507 e. The molecule has 0 heterocycles. The third-order valence-electron chi connectivity index (χ3n) is 2.55. The van der Waals surface area contributed by atoms with Gasteiger partial charge in [0.2, 0.25) is 0 Å². The third-order valence-corrected chi connectivity index (χ3v) is 2.55. The number of hydrogen-bond donors (Lipinski definition) is 1. The quantitative estimate of drug-likeness (QED) is 0.766. The lowest BCUT2D eigenvalue weighted by molar-refractivity contribution is -0.137. The van der Waals surface area contributed by atoms with Crippen molar-refractivity contribution in [3.8, 4) is 16.9 Å². The number of alkyl halides is 3. The summed E-state index contributed by atoms with van der Waals surface area (Å²) in [4.78, 5) is 0. The normalized spacial score (nSPS) is 11.6. The van der Waals surface area contributed by atoms with Crippen molar-refractivity contribution in [3.05, 3.63) is 53.6 Å². The van der Waals surface area contributed by atoms with Crippen LogP contribution in [-0.2, 0) is 6.18 Å². The minimum absolute atomic E-state index is 0.134. The Morgan fingerprint density at radius 3 is 2.00 bits per heavy atom. The summed E-state index contributed by atoms with van der Waals surface area (Å²) in [5, 5.41) is 9.54. The Kier molecular flexibility index (Phi) is 3.18. The van der Waals surface area contributed by atoms with E-state index in [2.05, 4.69) is 0 Å². The molecule has 0 aliphatic rings. The van der Waals surface area contributed by atoms with Gasteiger partial charge >= 0.3 is 6.18 Å². The van der Waals surface area contributed by atoms with Crippen LogP contribution in [0.2, 0.25) is 0 Å². The molecule has 0 radical (unpaired) electrons. The zero-order valence-electron chi connectivity index (χ0n) is 9.30. The average Bonchev–Trinajstić information content (AvgIpc) is 2.28. The van der Waals surface area contributed by atoms with Crippen molar-refractivity contribution in [2.75, 3.05) is 0 Å². The summed E-state index contributed by atoms with van der Waals surface area (Å²) in [7, 11) is 0. The molecule has 2 rings (SSSR count). The number of rotatable bonds is 1. The van der Waals surface area contributed by atoms with Gasteiger partial charge in [-0.2, -0.15) is 13.2 Å². The van der Waals surface area contributed by atoms with E-state index in [0.29, 0.717) is 12.1 Å². The van der Waals surface area contributed by atoms with E-state index in [1.807, 2.05) is 0 Å². The molecular weight excluding hydrogens is 267 g/mol. The van der Waals surface area contributed by atoms with E-state index < -0.39 is 29.1 Å². The van der Waals surface area contributed by atoms with E-state index in [1.54, 1.807) is 0 Å². The van der Waals surface area contributed by atoms with E-state index in [9.17, 15) is 27.1 Å². The van der Waals surface area contributed by atoms with Gasteiger partial charge in [-0.1, -0.05) is 0 Å². The van der Waals surface area contributed by atoms with Crippen LogP contribution in [-0.4, -0.2) is 5.11 Å². The van der Waals surface area contributed by atoms with E-state index in [4.69, 9.17) is 0 Å². The molecule has 0 aliphatic heterocycles. The standard InChI is InChI=1S/C13H7F5O/c14-8-2-4-9(11(15)6-8)10-3-1-7(5-12(10)19)13(16,17)18/h1-6,19H. The van der Waals surface area contributed by atoms with Gasteiger partial charge < -0.3 is 5.11 Å². The molecule has 0 fully saturated rings. The first-order valence-corrected chi connectivity index (χ1v) is 5.14. The molecule has 0 spiro atoms. The van der Waals surface area contributed by atoms with Crippen molar-refractivity contribution >= 4 is 0 Å². The SMILES string of the molecule is Oc1cc(C(F)(F)F)ccc1-c1ccc(F)cc1F. The summed E-state index contributed by atoms with van der Waals surface area (Å²) in [5.41, 5.74) is -1.35. The number of aromatic hydroxyl groups is 1. The number of phenolic OH excluding ortho intramolecular Hbond substituents is 1. The van der Waals surface area contributed by atoms with Gasteiger partial charge in [0, 0.05) is 17.2 Å². The molecule has 0 unspecified atom stereocenters. The third kappa shape index (κ3) is 2.67. The first kappa shape index (κ1) is 13.3. The molecule has 1 N–H and O–H groups in total. The van der Waals surface area contributed by atoms with Crippen molar-refractivity contribution < 1.29 is 27.1 Å². The molecule has 0 saturated heterocycles. The van der Waals surface area contributed by atoms with Crippen LogP contribution in [0.5, 0.6) is 5.75 Å². The number of hydrogen-bond acceptors (Lipinski definition) is 1. The van der Waals surface area contributed by atoms with Crippen molar-refractivity contribution in [2.24, 2.45) is 0 Å². The molecule has 0 aliphatic carbocycles. The van der Waals surface area contributed by atoms with Crippen LogP contribution in [0, 0.1) is 11.6 Å². The van der Waals surface area contributed by atoms with Crippen molar-refractivity contribution in [1.82, 2.24) is 0 Å². The van der Waals surface area contributed by atoms with Gasteiger partial charge in [-0.15, -0.1) is 0 Å². The average molecular weight is 274 g/mol. The highest BCUT2D eigenvalue weighted by molar-refractivity contribution is 5.71. The fourth-order valence-corrected chi connectivity index (χ4v) is 1.64. The first-order chi connectivity index (χ1) is 8.79. The molecule has 0 atom stereocenters. The molecule has 0 bridgehead atoms. The van der Waals surface area contributed by atoms with E-state index >= 15 is 0 Å². The first-order valence-electron chi connectivity index (χ1n) is 5.14. The Balaban J connectivity index is 2.52. The minimum atomic E-state index is -4.60. The molecule has 6 heteroatoms. The molecule has 2 aromatic rings. The van der Waals surface area contributed by atoms with Gasteiger partial charge in [0.05, 0.1) is 5.56 Å². The molecular formula is C13H7F5O. The van der Waals surface area contributed by atoms with Crippen LogP contribution in [0.1, 0.15) is 5.56 Å². The van der Waals surface area contributed by atoms with Crippen molar-refractivity contribution in [3.63, 3.8) is 0 Å². The molecule has 1 nitrogen and oxygen atoms in total. The number of halogens is 5. The number of phenols is 1. The van der Waals surface area contributed by atoms with Crippen LogP contribution in [0.15, 0.2) is 36.4 Å². The van der Waals surface area contributed by atoms with E-state index in [-0.39, 0.29) is 11.1 Å². The molecule has 19 heavy (non-hydrogen) atoms. The van der Waals surface area contributed by atoms with Gasteiger partial charge in [0.1, 0.15) is 17.4 Å². The summed E-state index contributed by atoms with van der Waals surface area (Å²) in [6, 6.07) is 4.75. The van der Waals surface area contributed by atoms with Crippen LogP contribution in [0.4, 0.5) is 22.0 Å². The Bertz CT molecular complexity index is 619. The second-order valence-corrected chi connectivity index (χ2v) is 3.85. The predicted octanol–water partition coefficient (Wildman–Crippen LogP) is 4.36. The Labute approximate surface area is 104 Å². The van der Waals surface area contributed by atoms with Gasteiger partial charge in [-0.25, -0.2) is 8.78 Å². The highest BCUT2D eigenvalue weighted by Gasteiger charge is 2.31. The molecule has 0 amide bonds. The van der Waals surface area contributed by atoms with Gasteiger partial charge in [-0.05, 0) is 30.3 Å². The lowest BCUT2D eigenvalue weighted by atomic mass is 10.0.